The average molecular weight is 327 g/mol. The Morgan fingerprint density at radius 1 is 1.00 bits per heavy atom. The van der Waals surface area contributed by atoms with E-state index in [0.29, 0.717) is 5.92 Å². The van der Waals surface area contributed by atoms with E-state index in [1.54, 1.807) is 0 Å². The number of nitrogens with zero attached hydrogens (tertiary/aromatic N) is 2. The van der Waals surface area contributed by atoms with E-state index >= 15 is 0 Å². The minimum absolute atomic E-state index is 0.113. The predicted octanol–water partition coefficient (Wildman–Crippen LogP) is 3.03. The molecule has 0 bridgehead atoms. The zero-order chi connectivity index (χ0) is 17.9. The summed E-state index contributed by atoms with van der Waals surface area (Å²) in [7, 11) is 1.53. The molecule has 0 saturated heterocycles. The van der Waals surface area contributed by atoms with Gasteiger partial charge in [-0.25, -0.2) is 4.68 Å². The maximum atomic E-state index is 12.5. The maximum Gasteiger partial charge on any atom is 0.272 e. The molecule has 128 valence electrons. The third-order valence-corrected chi connectivity index (χ3v) is 4.11. The molecule has 5 nitrogen and oxygen atoms in total. The van der Waals surface area contributed by atoms with Crippen LogP contribution in [-0.4, -0.2) is 15.7 Å². The third-order valence-electron chi connectivity index (χ3n) is 4.11. The van der Waals surface area contributed by atoms with E-state index in [1.165, 1.54) is 24.7 Å². The van der Waals surface area contributed by atoms with Gasteiger partial charge in [0.1, 0.15) is 5.69 Å². The van der Waals surface area contributed by atoms with Crippen LogP contribution in [0.4, 0.5) is 0 Å². The van der Waals surface area contributed by atoms with Crippen LogP contribution in [0.15, 0.2) is 41.2 Å². The second-order valence-electron chi connectivity index (χ2n) is 6.70. The van der Waals surface area contributed by atoms with Crippen molar-refractivity contribution in [2.75, 3.05) is 0 Å². The fraction of sp³-hybridized carbons (Fsp3) is 0.421. The van der Waals surface area contributed by atoms with Crippen molar-refractivity contribution in [2.24, 2.45) is 13.0 Å². The van der Waals surface area contributed by atoms with E-state index in [2.05, 4.69) is 62.4 Å². The van der Waals surface area contributed by atoms with Crippen LogP contribution in [-0.2, 0) is 7.05 Å². The molecule has 0 aliphatic heterocycles. The molecule has 1 atom stereocenters. The number of hydrogen-bond donors (Lipinski definition) is 1. The van der Waals surface area contributed by atoms with Crippen LogP contribution >= 0.6 is 0 Å². The van der Waals surface area contributed by atoms with Gasteiger partial charge in [-0.2, -0.15) is 5.10 Å². The fourth-order valence-corrected chi connectivity index (χ4v) is 2.56. The van der Waals surface area contributed by atoms with E-state index in [1.807, 2.05) is 0 Å². The summed E-state index contributed by atoms with van der Waals surface area (Å²) in [4.78, 5) is 23.9. The largest absolute Gasteiger partial charge is 0.344 e. The number of carbonyl (C=O) groups excluding carboxylic acids is 1. The molecule has 2 rings (SSSR count). The van der Waals surface area contributed by atoms with Gasteiger partial charge < -0.3 is 5.32 Å². The van der Waals surface area contributed by atoms with Crippen molar-refractivity contribution in [3.05, 3.63) is 63.6 Å². The highest BCUT2D eigenvalue weighted by molar-refractivity contribution is 5.92. The number of benzene rings is 1. The van der Waals surface area contributed by atoms with Crippen molar-refractivity contribution in [1.29, 1.82) is 0 Å². The first-order valence-corrected chi connectivity index (χ1v) is 8.24. The molecule has 2 aromatic rings. The highest BCUT2D eigenvalue weighted by Crippen LogP contribution is 2.24. The van der Waals surface area contributed by atoms with Crippen molar-refractivity contribution in [1.82, 2.24) is 15.1 Å². The average Bonchev–Trinajstić information content (AvgIpc) is 2.54. The number of amides is 1. The molecule has 1 aromatic heterocycles. The first-order chi connectivity index (χ1) is 11.3. The summed E-state index contributed by atoms with van der Waals surface area (Å²) in [5.74, 6) is 0.421. The zero-order valence-corrected chi connectivity index (χ0v) is 14.9. The molecule has 0 fully saturated rings. The third kappa shape index (κ3) is 4.10. The highest BCUT2D eigenvalue weighted by Gasteiger charge is 2.20. The van der Waals surface area contributed by atoms with Crippen LogP contribution in [0.2, 0.25) is 0 Å². The van der Waals surface area contributed by atoms with Gasteiger partial charge in [0, 0.05) is 13.1 Å². The second-order valence-corrected chi connectivity index (χ2v) is 6.70. The smallest absolute Gasteiger partial charge is 0.272 e. The first-order valence-electron chi connectivity index (χ1n) is 8.24. The highest BCUT2D eigenvalue weighted by atomic mass is 16.2. The molecule has 1 N–H and O–H groups in total. The lowest BCUT2D eigenvalue weighted by molar-refractivity contribution is 0.0918. The van der Waals surface area contributed by atoms with Gasteiger partial charge in [-0.15, -0.1) is 0 Å². The van der Waals surface area contributed by atoms with Gasteiger partial charge in [0.15, 0.2) is 0 Å². The molecule has 1 heterocycles. The summed E-state index contributed by atoms with van der Waals surface area (Å²) in [6, 6.07) is 11.0. The molecule has 0 radical (unpaired) electrons. The molecule has 0 aliphatic rings. The summed E-state index contributed by atoms with van der Waals surface area (Å²) in [5.41, 5.74) is 2.33. The fourth-order valence-electron chi connectivity index (χ4n) is 2.56. The quantitative estimate of drug-likeness (QED) is 0.918. The van der Waals surface area contributed by atoms with Crippen LogP contribution in [0.5, 0.6) is 0 Å². The number of nitrogens with one attached hydrogen (secondary N) is 1. The van der Waals surface area contributed by atoms with Gasteiger partial charge in [0.05, 0.1) is 6.04 Å². The normalized spacial score (nSPS) is 12.5. The Labute approximate surface area is 142 Å². The van der Waals surface area contributed by atoms with E-state index in [-0.39, 0.29) is 29.1 Å². The van der Waals surface area contributed by atoms with Gasteiger partial charge in [0.25, 0.3) is 11.5 Å². The Bertz CT molecular complexity index is 761. The summed E-state index contributed by atoms with van der Waals surface area (Å²) in [6.45, 7) is 8.44. The van der Waals surface area contributed by atoms with Crippen molar-refractivity contribution >= 4 is 5.91 Å². The molecular weight excluding hydrogens is 302 g/mol. The molecule has 1 aromatic carbocycles. The predicted molar refractivity (Wildman–Crippen MR) is 95.1 cm³/mol. The Balaban J connectivity index is 2.23. The summed E-state index contributed by atoms with van der Waals surface area (Å²) < 4.78 is 1.16. The molecule has 1 amide bonds. The second kappa shape index (κ2) is 7.43. The van der Waals surface area contributed by atoms with Crippen molar-refractivity contribution < 1.29 is 4.79 Å². The van der Waals surface area contributed by atoms with E-state index in [0.717, 1.165) is 10.2 Å². The van der Waals surface area contributed by atoms with Crippen LogP contribution < -0.4 is 10.9 Å². The van der Waals surface area contributed by atoms with Crippen LogP contribution in [0.3, 0.4) is 0 Å². The van der Waals surface area contributed by atoms with Crippen molar-refractivity contribution in [3.63, 3.8) is 0 Å². The van der Waals surface area contributed by atoms with Gasteiger partial charge in [-0.05, 0) is 29.0 Å². The first kappa shape index (κ1) is 17.9. The maximum absolute atomic E-state index is 12.5. The minimum atomic E-state index is -0.280. The lowest BCUT2D eigenvalue weighted by atomic mass is 9.93. The molecule has 5 heteroatoms. The van der Waals surface area contributed by atoms with E-state index < -0.39 is 0 Å². The number of hydrogen-bond acceptors (Lipinski definition) is 3. The number of carbonyl (C=O) groups is 1. The SMILES string of the molecule is CC(C)c1ccc([C@H](NC(=O)c2ccc(=O)n(C)n2)C(C)C)cc1. The van der Waals surface area contributed by atoms with Gasteiger partial charge in [-0.3, -0.25) is 9.59 Å². The van der Waals surface area contributed by atoms with Gasteiger partial charge >= 0.3 is 0 Å². The zero-order valence-electron chi connectivity index (χ0n) is 14.9. The standard InChI is InChI=1S/C19H25N3O2/c1-12(2)14-6-8-15(9-7-14)18(13(3)4)20-19(24)16-10-11-17(23)22(5)21-16/h6-13,18H,1-5H3,(H,20,24)/t18-/m1/s1. The number of rotatable bonds is 5. The molecule has 0 aliphatic carbocycles. The Kier molecular flexibility index (Phi) is 5.54. The molecule has 0 unspecified atom stereocenters. The van der Waals surface area contributed by atoms with Crippen molar-refractivity contribution in [2.45, 2.75) is 39.7 Å². The number of aromatic nitrogens is 2. The van der Waals surface area contributed by atoms with E-state index in [9.17, 15) is 9.59 Å². The molecule has 0 saturated carbocycles. The lowest BCUT2D eigenvalue weighted by Crippen LogP contribution is -2.33. The minimum Gasteiger partial charge on any atom is -0.344 e. The van der Waals surface area contributed by atoms with Gasteiger partial charge in [0.2, 0.25) is 0 Å². The summed E-state index contributed by atoms with van der Waals surface area (Å²) in [6.07, 6.45) is 0. The topological polar surface area (TPSA) is 64.0 Å². The Morgan fingerprint density at radius 3 is 2.08 bits per heavy atom. The van der Waals surface area contributed by atoms with Crippen LogP contribution in [0.1, 0.15) is 61.3 Å². The van der Waals surface area contributed by atoms with Crippen molar-refractivity contribution in [3.8, 4) is 0 Å². The van der Waals surface area contributed by atoms with E-state index in [4.69, 9.17) is 0 Å². The van der Waals surface area contributed by atoms with Crippen LogP contribution in [0, 0.1) is 5.92 Å². The molecule has 0 spiro atoms. The lowest BCUT2D eigenvalue weighted by Gasteiger charge is -2.23. The summed E-state index contributed by atoms with van der Waals surface area (Å²) >= 11 is 0. The Hall–Kier alpha value is -2.43. The van der Waals surface area contributed by atoms with Gasteiger partial charge in [-0.1, -0.05) is 52.0 Å². The summed E-state index contributed by atoms with van der Waals surface area (Å²) in [5, 5.41) is 7.04. The molecule has 24 heavy (non-hydrogen) atoms. The molecular formula is C19H25N3O2. The Morgan fingerprint density at radius 2 is 1.58 bits per heavy atom. The van der Waals surface area contributed by atoms with Crippen LogP contribution in [0.25, 0.3) is 0 Å². The monoisotopic (exact) mass is 327 g/mol. The number of aryl methyl sites for hydroxylation is 1.